The summed E-state index contributed by atoms with van der Waals surface area (Å²) in [5.74, 6) is 0.0483. The van der Waals surface area contributed by atoms with E-state index in [0.717, 1.165) is 17.3 Å². The largest absolute Gasteiger partial charge is 0.490 e. The Morgan fingerprint density at radius 3 is 2.59 bits per heavy atom. The zero-order valence-corrected chi connectivity index (χ0v) is 11.9. The first kappa shape index (κ1) is 14.5. The summed E-state index contributed by atoms with van der Waals surface area (Å²) in [6.45, 7) is 2.80. The standard InChI is InChI=1S/C14H20BrFO/c1-2-3-4-5-6-7-10-17-14-11-12(15)8-9-13(14)16/h8-9,11H,2-7,10H2,1H3. The fourth-order valence-corrected chi connectivity index (χ4v) is 1.99. The van der Waals surface area contributed by atoms with E-state index in [1.165, 1.54) is 31.7 Å². The third-order valence-corrected chi connectivity index (χ3v) is 3.14. The van der Waals surface area contributed by atoms with Gasteiger partial charge in [-0.15, -0.1) is 0 Å². The summed E-state index contributed by atoms with van der Waals surface area (Å²) < 4.78 is 19.6. The molecule has 0 unspecified atom stereocenters. The SMILES string of the molecule is CCCCCCCCOc1cc(Br)ccc1F. The van der Waals surface area contributed by atoms with Crippen molar-refractivity contribution in [2.75, 3.05) is 6.61 Å². The maximum absolute atomic E-state index is 13.3. The summed E-state index contributed by atoms with van der Waals surface area (Å²) in [6.07, 6.45) is 7.27. The number of hydrogen-bond donors (Lipinski definition) is 0. The lowest BCUT2D eigenvalue weighted by atomic mass is 10.1. The molecule has 1 aromatic rings. The molecule has 0 saturated heterocycles. The Hall–Kier alpha value is -0.570. The summed E-state index contributed by atoms with van der Waals surface area (Å²) in [6, 6.07) is 4.76. The number of halogens is 2. The third kappa shape index (κ3) is 6.06. The second-order valence-electron chi connectivity index (χ2n) is 4.19. The van der Waals surface area contributed by atoms with Crippen LogP contribution in [0.5, 0.6) is 5.75 Å². The Kier molecular flexibility index (Phi) is 7.25. The molecule has 0 fully saturated rings. The van der Waals surface area contributed by atoms with Crippen molar-refractivity contribution in [3.05, 3.63) is 28.5 Å². The molecule has 1 nitrogen and oxygen atoms in total. The molecule has 1 rings (SSSR count). The van der Waals surface area contributed by atoms with Crippen molar-refractivity contribution in [2.24, 2.45) is 0 Å². The van der Waals surface area contributed by atoms with Crippen LogP contribution in [0, 0.1) is 5.82 Å². The molecule has 1 aromatic carbocycles. The van der Waals surface area contributed by atoms with Crippen molar-refractivity contribution >= 4 is 15.9 Å². The summed E-state index contributed by atoms with van der Waals surface area (Å²) in [4.78, 5) is 0. The van der Waals surface area contributed by atoms with Crippen molar-refractivity contribution < 1.29 is 9.13 Å². The van der Waals surface area contributed by atoms with Gasteiger partial charge in [0.2, 0.25) is 0 Å². The second-order valence-corrected chi connectivity index (χ2v) is 5.11. The molecule has 0 heterocycles. The average Bonchev–Trinajstić information content (AvgIpc) is 2.32. The highest BCUT2D eigenvalue weighted by Gasteiger charge is 2.03. The van der Waals surface area contributed by atoms with Gasteiger partial charge in [-0.25, -0.2) is 4.39 Å². The van der Waals surface area contributed by atoms with E-state index in [4.69, 9.17) is 4.74 Å². The highest BCUT2D eigenvalue weighted by Crippen LogP contribution is 2.22. The van der Waals surface area contributed by atoms with Crippen molar-refractivity contribution in [3.8, 4) is 5.75 Å². The van der Waals surface area contributed by atoms with Gasteiger partial charge >= 0.3 is 0 Å². The fourth-order valence-electron chi connectivity index (χ4n) is 1.65. The van der Waals surface area contributed by atoms with E-state index in [1.54, 1.807) is 12.1 Å². The Bertz CT molecular complexity index is 328. The van der Waals surface area contributed by atoms with Crippen LogP contribution in [0.2, 0.25) is 0 Å². The van der Waals surface area contributed by atoms with Gasteiger partial charge in [-0.1, -0.05) is 55.0 Å². The van der Waals surface area contributed by atoms with E-state index >= 15 is 0 Å². The molecule has 0 amide bonds. The minimum absolute atomic E-state index is 0.292. The number of hydrogen-bond acceptors (Lipinski definition) is 1. The Labute approximate surface area is 111 Å². The molecule has 3 heteroatoms. The molecular formula is C14H20BrFO. The molecule has 0 aliphatic carbocycles. The highest BCUT2D eigenvalue weighted by molar-refractivity contribution is 9.10. The molecule has 0 N–H and O–H groups in total. The van der Waals surface area contributed by atoms with Crippen LogP contribution in [0.15, 0.2) is 22.7 Å². The van der Waals surface area contributed by atoms with Crippen LogP contribution < -0.4 is 4.74 Å². The molecule has 0 atom stereocenters. The van der Waals surface area contributed by atoms with E-state index in [1.807, 2.05) is 0 Å². The van der Waals surface area contributed by atoms with Gasteiger partial charge in [0.05, 0.1) is 6.61 Å². The monoisotopic (exact) mass is 302 g/mol. The summed E-state index contributed by atoms with van der Waals surface area (Å²) in [5.41, 5.74) is 0. The smallest absolute Gasteiger partial charge is 0.165 e. The number of ether oxygens (including phenoxy) is 1. The van der Waals surface area contributed by atoms with E-state index in [-0.39, 0.29) is 5.82 Å². The van der Waals surface area contributed by atoms with Crippen LogP contribution in [0.4, 0.5) is 4.39 Å². The van der Waals surface area contributed by atoms with Crippen LogP contribution in [0.25, 0.3) is 0 Å². The molecule has 0 aliphatic heterocycles. The van der Waals surface area contributed by atoms with Crippen LogP contribution >= 0.6 is 15.9 Å². The zero-order chi connectivity index (χ0) is 12.5. The molecule has 17 heavy (non-hydrogen) atoms. The van der Waals surface area contributed by atoms with Crippen molar-refractivity contribution in [1.29, 1.82) is 0 Å². The molecule has 0 aromatic heterocycles. The molecular weight excluding hydrogens is 283 g/mol. The van der Waals surface area contributed by atoms with Gasteiger partial charge in [-0.3, -0.25) is 0 Å². The topological polar surface area (TPSA) is 9.23 Å². The minimum atomic E-state index is -0.292. The lowest BCUT2D eigenvalue weighted by molar-refractivity contribution is 0.290. The Morgan fingerprint density at radius 1 is 1.12 bits per heavy atom. The lowest BCUT2D eigenvalue weighted by Gasteiger charge is -2.07. The number of rotatable bonds is 8. The predicted octanol–water partition coefficient (Wildman–Crippen LogP) is 5.33. The average molecular weight is 303 g/mol. The molecule has 0 saturated carbocycles. The normalized spacial score (nSPS) is 10.5. The summed E-state index contributed by atoms with van der Waals surface area (Å²) >= 11 is 3.30. The van der Waals surface area contributed by atoms with Crippen LogP contribution in [0.1, 0.15) is 45.4 Å². The van der Waals surface area contributed by atoms with Gasteiger partial charge in [-0.2, -0.15) is 0 Å². The maximum atomic E-state index is 13.3. The Morgan fingerprint density at radius 2 is 1.82 bits per heavy atom. The van der Waals surface area contributed by atoms with E-state index in [0.29, 0.717) is 12.4 Å². The zero-order valence-electron chi connectivity index (χ0n) is 10.3. The van der Waals surface area contributed by atoms with E-state index in [9.17, 15) is 4.39 Å². The molecule has 0 spiro atoms. The van der Waals surface area contributed by atoms with Crippen molar-refractivity contribution in [3.63, 3.8) is 0 Å². The fraction of sp³-hybridized carbons (Fsp3) is 0.571. The van der Waals surface area contributed by atoms with Gasteiger partial charge in [0.1, 0.15) is 0 Å². The molecule has 96 valence electrons. The lowest BCUT2D eigenvalue weighted by Crippen LogP contribution is -1.99. The first-order valence-electron chi connectivity index (χ1n) is 6.32. The second kappa shape index (κ2) is 8.51. The van der Waals surface area contributed by atoms with E-state index < -0.39 is 0 Å². The Balaban J connectivity index is 2.15. The third-order valence-electron chi connectivity index (χ3n) is 2.65. The number of unbranched alkanes of at least 4 members (excludes halogenated alkanes) is 5. The van der Waals surface area contributed by atoms with Crippen LogP contribution in [0.3, 0.4) is 0 Å². The van der Waals surface area contributed by atoms with Crippen LogP contribution in [-0.4, -0.2) is 6.61 Å². The van der Waals surface area contributed by atoms with Crippen molar-refractivity contribution in [1.82, 2.24) is 0 Å². The van der Waals surface area contributed by atoms with Gasteiger partial charge in [0, 0.05) is 4.47 Å². The van der Waals surface area contributed by atoms with Gasteiger partial charge in [-0.05, 0) is 24.6 Å². The van der Waals surface area contributed by atoms with E-state index in [2.05, 4.69) is 22.9 Å². The first-order chi connectivity index (χ1) is 8.24. The maximum Gasteiger partial charge on any atom is 0.165 e. The minimum Gasteiger partial charge on any atom is -0.490 e. The quantitative estimate of drug-likeness (QED) is 0.590. The highest BCUT2D eigenvalue weighted by atomic mass is 79.9. The molecule has 0 radical (unpaired) electrons. The first-order valence-corrected chi connectivity index (χ1v) is 7.11. The van der Waals surface area contributed by atoms with Gasteiger partial charge in [0.25, 0.3) is 0 Å². The predicted molar refractivity (Wildman–Crippen MR) is 73.0 cm³/mol. The summed E-state index contributed by atoms with van der Waals surface area (Å²) in [7, 11) is 0. The van der Waals surface area contributed by atoms with Gasteiger partial charge < -0.3 is 4.74 Å². The molecule has 0 aliphatic rings. The van der Waals surface area contributed by atoms with Crippen molar-refractivity contribution in [2.45, 2.75) is 45.4 Å². The van der Waals surface area contributed by atoms with Crippen LogP contribution in [-0.2, 0) is 0 Å². The van der Waals surface area contributed by atoms with Gasteiger partial charge in [0.15, 0.2) is 11.6 Å². The number of benzene rings is 1. The summed E-state index contributed by atoms with van der Waals surface area (Å²) in [5, 5.41) is 0. The molecule has 0 bridgehead atoms.